The number of carbonyl (C=O) groups excluding carboxylic acids is 1. The molecule has 1 unspecified atom stereocenters. The van der Waals surface area contributed by atoms with E-state index in [4.69, 9.17) is 5.73 Å². The Morgan fingerprint density at radius 2 is 1.81 bits per heavy atom. The van der Waals surface area contributed by atoms with Crippen molar-refractivity contribution in [3.63, 3.8) is 0 Å². The van der Waals surface area contributed by atoms with Gasteiger partial charge in [-0.1, -0.05) is 26.0 Å². The number of amides is 1. The molecule has 21 heavy (non-hydrogen) atoms. The molecule has 0 spiro atoms. The van der Waals surface area contributed by atoms with Gasteiger partial charge in [-0.25, -0.2) is 0 Å². The van der Waals surface area contributed by atoms with Crippen molar-refractivity contribution in [2.45, 2.75) is 33.0 Å². The maximum Gasteiger partial charge on any atom is 0.416 e. The maximum atomic E-state index is 12.4. The van der Waals surface area contributed by atoms with Gasteiger partial charge in [0, 0.05) is 13.1 Å². The van der Waals surface area contributed by atoms with E-state index in [1.165, 1.54) is 12.1 Å². The van der Waals surface area contributed by atoms with Gasteiger partial charge < -0.3 is 11.1 Å². The van der Waals surface area contributed by atoms with E-state index in [9.17, 15) is 18.0 Å². The Morgan fingerprint density at radius 3 is 2.24 bits per heavy atom. The molecule has 1 aromatic carbocycles. The summed E-state index contributed by atoms with van der Waals surface area (Å²) in [5, 5.41) is 2.71. The van der Waals surface area contributed by atoms with Crippen LogP contribution in [-0.4, -0.2) is 12.5 Å². The Balaban J connectivity index is 2.56. The zero-order valence-corrected chi connectivity index (χ0v) is 12.2. The molecular formula is C15H21F3N2O. The van der Waals surface area contributed by atoms with Crippen LogP contribution in [0, 0.1) is 11.8 Å². The lowest BCUT2D eigenvalue weighted by Crippen LogP contribution is -2.35. The summed E-state index contributed by atoms with van der Waals surface area (Å²) in [7, 11) is 0. The maximum absolute atomic E-state index is 12.4. The van der Waals surface area contributed by atoms with Crippen LogP contribution in [0.3, 0.4) is 0 Å². The molecule has 3 N–H and O–H groups in total. The van der Waals surface area contributed by atoms with E-state index in [1.54, 1.807) is 0 Å². The van der Waals surface area contributed by atoms with Gasteiger partial charge in [-0.15, -0.1) is 0 Å². The molecule has 0 aliphatic heterocycles. The van der Waals surface area contributed by atoms with Crippen molar-refractivity contribution >= 4 is 5.91 Å². The van der Waals surface area contributed by atoms with Crippen LogP contribution in [0.15, 0.2) is 24.3 Å². The second kappa shape index (κ2) is 7.45. The second-order valence-electron chi connectivity index (χ2n) is 5.47. The monoisotopic (exact) mass is 302 g/mol. The van der Waals surface area contributed by atoms with Gasteiger partial charge >= 0.3 is 6.18 Å². The highest BCUT2D eigenvalue weighted by Crippen LogP contribution is 2.29. The molecule has 0 heterocycles. The Kier molecular flexibility index (Phi) is 6.20. The molecule has 0 saturated heterocycles. The van der Waals surface area contributed by atoms with Crippen molar-refractivity contribution < 1.29 is 18.0 Å². The largest absolute Gasteiger partial charge is 0.416 e. The van der Waals surface area contributed by atoms with Crippen molar-refractivity contribution in [2.75, 3.05) is 6.54 Å². The minimum absolute atomic E-state index is 0.161. The highest BCUT2D eigenvalue weighted by Gasteiger charge is 2.29. The van der Waals surface area contributed by atoms with Crippen LogP contribution in [0.4, 0.5) is 13.2 Å². The van der Waals surface area contributed by atoms with Crippen molar-refractivity contribution in [1.82, 2.24) is 5.32 Å². The van der Waals surface area contributed by atoms with Crippen LogP contribution in [0.25, 0.3) is 0 Å². The second-order valence-corrected chi connectivity index (χ2v) is 5.47. The van der Waals surface area contributed by atoms with Crippen molar-refractivity contribution in [2.24, 2.45) is 17.6 Å². The summed E-state index contributed by atoms with van der Waals surface area (Å²) in [5.41, 5.74) is 5.50. The van der Waals surface area contributed by atoms with Gasteiger partial charge in [0.2, 0.25) is 5.91 Å². The Labute approximate surface area is 122 Å². The van der Waals surface area contributed by atoms with Crippen molar-refractivity contribution in [1.29, 1.82) is 0 Å². The molecule has 0 aliphatic carbocycles. The minimum Gasteiger partial charge on any atom is -0.352 e. The lowest BCUT2D eigenvalue weighted by molar-refractivity contribution is -0.137. The smallest absolute Gasteiger partial charge is 0.352 e. The molecule has 1 aromatic rings. The molecule has 0 radical (unpaired) electrons. The molecule has 6 heteroatoms. The summed E-state index contributed by atoms with van der Waals surface area (Å²) in [6.45, 7) is 4.47. The average Bonchev–Trinajstić information content (AvgIpc) is 2.41. The SMILES string of the molecule is CC(C)CC(CN)C(=O)NCc1ccc(C(F)(F)F)cc1. The Morgan fingerprint density at radius 1 is 1.24 bits per heavy atom. The first-order chi connectivity index (χ1) is 9.74. The van der Waals surface area contributed by atoms with Gasteiger partial charge in [-0.2, -0.15) is 13.2 Å². The van der Waals surface area contributed by atoms with Gasteiger partial charge in [0.1, 0.15) is 0 Å². The van der Waals surface area contributed by atoms with Gasteiger partial charge in [0.15, 0.2) is 0 Å². The number of carbonyl (C=O) groups is 1. The predicted molar refractivity (Wildman–Crippen MR) is 75.3 cm³/mol. The lowest BCUT2D eigenvalue weighted by Gasteiger charge is -2.17. The lowest BCUT2D eigenvalue weighted by atomic mass is 9.96. The van der Waals surface area contributed by atoms with Crippen LogP contribution in [0.2, 0.25) is 0 Å². The van der Waals surface area contributed by atoms with Crippen LogP contribution in [-0.2, 0) is 17.5 Å². The number of nitrogens with one attached hydrogen (secondary N) is 1. The number of nitrogens with two attached hydrogens (primary N) is 1. The molecule has 3 nitrogen and oxygen atoms in total. The Bertz CT molecular complexity index is 455. The number of benzene rings is 1. The summed E-state index contributed by atoms with van der Waals surface area (Å²) in [6, 6.07) is 4.75. The summed E-state index contributed by atoms with van der Waals surface area (Å²) < 4.78 is 37.3. The van der Waals surface area contributed by atoms with Crippen LogP contribution < -0.4 is 11.1 Å². The first-order valence-electron chi connectivity index (χ1n) is 6.88. The minimum atomic E-state index is -4.34. The van der Waals surface area contributed by atoms with E-state index < -0.39 is 11.7 Å². The quantitative estimate of drug-likeness (QED) is 0.849. The number of hydrogen-bond acceptors (Lipinski definition) is 2. The standard InChI is InChI=1S/C15H21F3N2O/c1-10(2)7-12(8-19)14(21)20-9-11-3-5-13(6-4-11)15(16,17)18/h3-6,10,12H,7-9,19H2,1-2H3,(H,20,21). The summed E-state index contributed by atoms with van der Waals surface area (Å²) in [6.07, 6.45) is -3.65. The van der Waals surface area contributed by atoms with Gasteiger partial charge in [0.05, 0.1) is 11.5 Å². The first kappa shape index (κ1) is 17.5. The zero-order valence-electron chi connectivity index (χ0n) is 12.2. The molecule has 0 saturated carbocycles. The normalized spacial score (nSPS) is 13.3. The van der Waals surface area contributed by atoms with Crippen molar-refractivity contribution in [3.05, 3.63) is 35.4 Å². The Hall–Kier alpha value is -1.56. The van der Waals surface area contributed by atoms with Gasteiger partial charge in [-0.05, 0) is 30.0 Å². The van der Waals surface area contributed by atoms with E-state index in [-0.39, 0.29) is 24.9 Å². The fraction of sp³-hybridized carbons (Fsp3) is 0.533. The number of hydrogen-bond donors (Lipinski definition) is 2. The molecule has 1 rings (SSSR count). The summed E-state index contributed by atoms with van der Waals surface area (Å²) in [4.78, 5) is 11.9. The fourth-order valence-electron chi connectivity index (χ4n) is 2.02. The highest BCUT2D eigenvalue weighted by atomic mass is 19.4. The summed E-state index contributed by atoms with van der Waals surface area (Å²) >= 11 is 0. The molecule has 0 aromatic heterocycles. The number of alkyl halides is 3. The van der Waals surface area contributed by atoms with Gasteiger partial charge in [0.25, 0.3) is 0 Å². The molecular weight excluding hydrogens is 281 g/mol. The third-order valence-electron chi connectivity index (χ3n) is 3.16. The van der Waals surface area contributed by atoms with Crippen LogP contribution >= 0.6 is 0 Å². The average molecular weight is 302 g/mol. The van der Waals surface area contributed by atoms with E-state index in [0.717, 1.165) is 12.1 Å². The van der Waals surface area contributed by atoms with E-state index in [2.05, 4.69) is 5.32 Å². The third kappa shape index (κ3) is 5.75. The fourth-order valence-corrected chi connectivity index (χ4v) is 2.02. The predicted octanol–water partition coefficient (Wildman–Crippen LogP) is 2.94. The van der Waals surface area contributed by atoms with Gasteiger partial charge in [-0.3, -0.25) is 4.79 Å². The molecule has 1 amide bonds. The van der Waals surface area contributed by atoms with E-state index in [0.29, 0.717) is 17.9 Å². The van der Waals surface area contributed by atoms with Crippen molar-refractivity contribution in [3.8, 4) is 0 Å². The topological polar surface area (TPSA) is 55.1 Å². The third-order valence-corrected chi connectivity index (χ3v) is 3.16. The van der Waals surface area contributed by atoms with Crippen LogP contribution in [0.1, 0.15) is 31.4 Å². The summed E-state index contributed by atoms with van der Waals surface area (Å²) in [5.74, 6) is -0.0686. The molecule has 0 bridgehead atoms. The number of rotatable bonds is 6. The number of halogens is 3. The van der Waals surface area contributed by atoms with E-state index in [1.807, 2.05) is 13.8 Å². The molecule has 118 valence electrons. The molecule has 0 aliphatic rings. The highest BCUT2D eigenvalue weighted by molar-refractivity contribution is 5.78. The molecule has 0 fully saturated rings. The zero-order chi connectivity index (χ0) is 16.0. The van der Waals surface area contributed by atoms with E-state index >= 15 is 0 Å². The molecule has 1 atom stereocenters. The van der Waals surface area contributed by atoms with Crippen LogP contribution in [0.5, 0.6) is 0 Å². The first-order valence-corrected chi connectivity index (χ1v) is 6.88.